The highest BCUT2D eigenvalue weighted by molar-refractivity contribution is 7.18. The highest BCUT2D eigenvalue weighted by Crippen LogP contribution is 2.26. The van der Waals surface area contributed by atoms with Crippen molar-refractivity contribution in [3.8, 4) is 0 Å². The van der Waals surface area contributed by atoms with E-state index in [1.165, 1.54) is 35.9 Å². The lowest BCUT2D eigenvalue weighted by molar-refractivity contribution is -0.141. The fourth-order valence-corrected chi connectivity index (χ4v) is 4.03. The first kappa shape index (κ1) is 16.1. The molecular formula is C16H21N3O3S. The lowest BCUT2D eigenvalue weighted by Crippen LogP contribution is -2.32. The molecule has 0 unspecified atom stereocenters. The molecule has 0 aliphatic carbocycles. The van der Waals surface area contributed by atoms with Gasteiger partial charge in [0, 0.05) is 4.88 Å². The summed E-state index contributed by atoms with van der Waals surface area (Å²) in [5.41, 5.74) is 0.810. The zero-order chi connectivity index (χ0) is 16.6. The molecule has 3 heterocycles. The Morgan fingerprint density at radius 3 is 2.65 bits per heavy atom. The summed E-state index contributed by atoms with van der Waals surface area (Å²) >= 11 is 1.54. The summed E-state index contributed by atoms with van der Waals surface area (Å²) in [4.78, 5) is 33.5. The normalized spacial score (nSPS) is 15.4. The molecule has 3 rings (SSSR count). The van der Waals surface area contributed by atoms with Crippen molar-refractivity contribution in [1.29, 1.82) is 0 Å². The van der Waals surface area contributed by atoms with Crippen LogP contribution in [0.3, 0.4) is 0 Å². The third-order valence-corrected chi connectivity index (χ3v) is 5.55. The van der Waals surface area contributed by atoms with Crippen LogP contribution in [0.4, 0.5) is 0 Å². The van der Waals surface area contributed by atoms with E-state index in [4.69, 9.17) is 9.72 Å². The van der Waals surface area contributed by atoms with Crippen molar-refractivity contribution in [2.45, 2.75) is 39.8 Å². The number of rotatable bonds is 4. The average molecular weight is 335 g/mol. The van der Waals surface area contributed by atoms with Crippen molar-refractivity contribution in [3.05, 3.63) is 26.6 Å². The predicted molar refractivity (Wildman–Crippen MR) is 89.9 cm³/mol. The van der Waals surface area contributed by atoms with Gasteiger partial charge in [0.05, 0.1) is 19.0 Å². The Hall–Kier alpha value is -1.73. The molecule has 0 spiro atoms. The highest BCUT2D eigenvalue weighted by Gasteiger charge is 2.21. The van der Waals surface area contributed by atoms with Gasteiger partial charge in [0.25, 0.3) is 5.56 Å². The zero-order valence-electron chi connectivity index (χ0n) is 13.7. The molecule has 7 heteroatoms. The van der Waals surface area contributed by atoms with E-state index in [9.17, 15) is 9.59 Å². The maximum absolute atomic E-state index is 12.9. The lowest BCUT2D eigenvalue weighted by Gasteiger charge is -2.17. The first-order valence-corrected chi connectivity index (χ1v) is 8.61. The molecule has 1 saturated heterocycles. The van der Waals surface area contributed by atoms with Crippen LogP contribution in [0, 0.1) is 13.8 Å². The standard InChI is InChI=1S/C16H21N3O3S/c1-10-11(2)23-15-14(10)16(21)19(9-13(20)22-3)12(17-15)8-18-6-4-5-7-18/h4-9H2,1-3H3. The van der Waals surface area contributed by atoms with Gasteiger partial charge in [-0.3, -0.25) is 19.1 Å². The number of hydrogen-bond acceptors (Lipinski definition) is 6. The predicted octanol–water partition coefficient (Wildman–Crippen LogP) is 1.84. The molecule has 0 atom stereocenters. The van der Waals surface area contributed by atoms with Crippen LogP contribution in [0.1, 0.15) is 29.1 Å². The van der Waals surface area contributed by atoms with Crippen LogP contribution in [-0.4, -0.2) is 40.6 Å². The summed E-state index contributed by atoms with van der Waals surface area (Å²) in [6.07, 6.45) is 2.33. The highest BCUT2D eigenvalue weighted by atomic mass is 32.1. The van der Waals surface area contributed by atoms with Crippen molar-refractivity contribution >= 4 is 27.5 Å². The number of aromatic nitrogens is 2. The number of carbonyl (C=O) groups is 1. The van der Waals surface area contributed by atoms with Crippen LogP contribution in [0.5, 0.6) is 0 Å². The molecule has 23 heavy (non-hydrogen) atoms. The molecule has 2 aromatic rings. The summed E-state index contributed by atoms with van der Waals surface area (Å²) in [5.74, 6) is 0.219. The molecule has 0 radical (unpaired) electrons. The summed E-state index contributed by atoms with van der Waals surface area (Å²) < 4.78 is 6.22. The number of methoxy groups -OCH3 is 1. The second kappa shape index (κ2) is 6.41. The van der Waals surface area contributed by atoms with Gasteiger partial charge in [0.15, 0.2) is 0 Å². The molecule has 1 fully saturated rings. The van der Waals surface area contributed by atoms with Crippen molar-refractivity contribution < 1.29 is 9.53 Å². The van der Waals surface area contributed by atoms with E-state index in [1.54, 1.807) is 0 Å². The van der Waals surface area contributed by atoms with Gasteiger partial charge in [-0.15, -0.1) is 11.3 Å². The number of fused-ring (bicyclic) bond motifs is 1. The first-order valence-electron chi connectivity index (χ1n) is 7.80. The Balaban J connectivity index is 2.12. The number of nitrogens with zero attached hydrogens (tertiary/aromatic N) is 3. The van der Waals surface area contributed by atoms with Gasteiger partial charge in [-0.2, -0.15) is 0 Å². The molecule has 1 aliphatic rings. The molecular weight excluding hydrogens is 314 g/mol. The minimum absolute atomic E-state index is 0.0875. The lowest BCUT2D eigenvalue weighted by atomic mass is 10.2. The number of likely N-dealkylation sites (tertiary alicyclic amines) is 1. The van der Waals surface area contributed by atoms with Gasteiger partial charge in [0.2, 0.25) is 0 Å². The molecule has 6 nitrogen and oxygen atoms in total. The Kier molecular flexibility index (Phi) is 4.50. The third kappa shape index (κ3) is 3.03. The molecule has 0 bridgehead atoms. The number of esters is 1. The van der Waals surface area contributed by atoms with Gasteiger partial charge >= 0.3 is 5.97 Å². The smallest absolute Gasteiger partial charge is 0.325 e. The van der Waals surface area contributed by atoms with Crippen LogP contribution < -0.4 is 5.56 Å². The summed E-state index contributed by atoms with van der Waals surface area (Å²) in [7, 11) is 1.33. The molecule has 0 aromatic carbocycles. The van der Waals surface area contributed by atoms with Crippen molar-refractivity contribution in [2.24, 2.45) is 0 Å². The number of aryl methyl sites for hydroxylation is 2. The Bertz CT molecular complexity index is 803. The summed E-state index contributed by atoms with van der Waals surface area (Å²) in [5, 5.41) is 0.626. The maximum atomic E-state index is 12.9. The minimum atomic E-state index is -0.430. The van der Waals surface area contributed by atoms with Crippen LogP contribution >= 0.6 is 11.3 Å². The fraction of sp³-hybridized carbons (Fsp3) is 0.562. The topological polar surface area (TPSA) is 64.4 Å². The Morgan fingerprint density at radius 1 is 1.30 bits per heavy atom. The molecule has 2 aromatic heterocycles. The summed E-state index contributed by atoms with van der Waals surface area (Å²) in [6.45, 7) is 6.45. The second-order valence-electron chi connectivity index (χ2n) is 5.94. The van der Waals surface area contributed by atoms with E-state index in [0.29, 0.717) is 17.8 Å². The van der Waals surface area contributed by atoms with Gasteiger partial charge in [-0.05, 0) is 45.3 Å². The van der Waals surface area contributed by atoms with Crippen LogP contribution in [0.15, 0.2) is 4.79 Å². The van der Waals surface area contributed by atoms with Crippen molar-refractivity contribution in [3.63, 3.8) is 0 Å². The Morgan fingerprint density at radius 2 is 2.00 bits per heavy atom. The minimum Gasteiger partial charge on any atom is -0.468 e. The van der Waals surface area contributed by atoms with Gasteiger partial charge in [-0.1, -0.05) is 0 Å². The molecule has 0 N–H and O–H groups in total. The van der Waals surface area contributed by atoms with Crippen molar-refractivity contribution in [2.75, 3.05) is 20.2 Å². The van der Waals surface area contributed by atoms with Crippen LogP contribution in [-0.2, 0) is 22.6 Å². The van der Waals surface area contributed by atoms with E-state index >= 15 is 0 Å². The molecule has 0 amide bonds. The quantitative estimate of drug-likeness (QED) is 0.798. The van der Waals surface area contributed by atoms with Crippen LogP contribution in [0.2, 0.25) is 0 Å². The zero-order valence-corrected chi connectivity index (χ0v) is 14.5. The average Bonchev–Trinajstić information content (AvgIpc) is 3.12. The molecule has 1 aliphatic heterocycles. The number of thiophene rings is 1. The SMILES string of the molecule is COC(=O)Cn1c(CN2CCCC2)nc2sc(C)c(C)c2c1=O. The second-order valence-corrected chi connectivity index (χ2v) is 7.15. The monoisotopic (exact) mass is 335 g/mol. The number of ether oxygens (including phenoxy) is 1. The van der Waals surface area contributed by atoms with E-state index in [2.05, 4.69) is 4.90 Å². The fourth-order valence-electron chi connectivity index (χ4n) is 2.99. The first-order chi connectivity index (χ1) is 11.0. The largest absolute Gasteiger partial charge is 0.468 e. The van der Waals surface area contributed by atoms with Gasteiger partial charge in [0.1, 0.15) is 17.2 Å². The summed E-state index contributed by atoms with van der Waals surface area (Å²) in [6, 6.07) is 0. The van der Waals surface area contributed by atoms with Gasteiger partial charge < -0.3 is 4.74 Å². The molecule has 124 valence electrons. The van der Waals surface area contributed by atoms with E-state index < -0.39 is 5.97 Å². The van der Waals surface area contributed by atoms with Crippen LogP contribution in [0.25, 0.3) is 10.2 Å². The van der Waals surface area contributed by atoms with E-state index in [1.807, 2.05) is 13.8 Å². The Labute approximate surface area is 138 Å². The van der Waals surface area contributed by atoms with E-state index in [0.717, 1.165) is 28.4 Å². The number of carbonyl (C=O) groups excluding carboxylic acids is 1. The third-order valence-electron chi connectivity index (χ3n) is 4.45. The van der Waals surface area contributed by atoms with E-state index in [-0.39, 0.29) is 12.1 Å². The van der Waals surface area contributed by atoms with Gasteiger partial charge in [-0.25, -0.2) is 4.98 Å². The van der Waals surface area contributed by atoms with Crippen molar-refractivity contribution in [1.82, 2.24) is 14.5 Å². The molecule has 0 saturated carbocycles. The number of hydrogen-bond donors (Lipinski definition) is 0. The maximum Gasteiger partial charge on any atom is 0.325 e.